The lowest BCUT2D eigenvalue weighted by atomic mass is 10.1. The summed E-state index contributed by atoms with van der Waals surface area (Å²) in [5, 5.41) is 12.1. The van der Waals surface area contributed by atoms with Gasteiger partial charge < -0.3 is 19.7 Å². The van der Waals surface area contributed by atoms with E-state index in [-0.39, 0.29) is 5.56 Å². The summed E-state index contributed by atoms with van der Waals surface area (Å²) in [5.74, 6) is -1.01. The average Bonchev–Trinajstić information content (AvgIpc) is 3.00. The first-order valence-electron chi connectivity index (χ1n) is 6.11. The summed E-state index contributed by atoms with van der Waals surface area (Å²) in [6.07, 6.45) is 1.85. The van der Waals surface area contributed by atoms with Crippen molar-refractivity contribution in [3.8, 4) is 0 Å². The highest BCUT2D eigenvalue weighted by Crippen LogP contribution is 2.35. The molecule has 0 saturated heterocycles. The van der Waals surface area contributed by atoms with Crippen LogP contribution in [0.15, 0.2) is 35.1 Å². The van der Waals surface area contributed by atoms with E-state index in [1.165, 1.54) is 12.1 Å². The molecule has 1 amide bonds. The molecule has 0 radical (unpaired) electrons. The molecule has 20 heavy (non-hydrogen) atoms. The number of fused-ring (bicyclic) bond motifs is 1. The van der Waals surface area contributed by atoms with Gasteiger partial charge in [-0.15, -0.1) is 0 Å². The Kier molecular flexibility index (Phi) is 2.94. The number of aliphatic hydroxyl groups is 1. The number of benzene rings is 1. The smallest absolute Gasteiger partial charge is 0.257 e. The molecule has 1 aliphatic rings. The number of anilines is 2. The highest BCUT2D eigenvalue weighted by atomic mass is 19.1. The number of carbonyl (C=O) groups is 1. The van der Waals surface area contributed by atoms with Gasteiger partial charge in [-0.1, -0.05) is 0 Å². The summed E-state index contributed by atoms with van der Waals surface area (Å²) in [5.41, 5.74) is 1.97. The molecule has 2 aromatic rings. The van der Waals surface area contributed by atoms with Crippen LogP contribution in [-0.2, 0) is 11.3 Å². The zero-order chi connectivity index (χ0) is 14.3. The first-order chi connectivity index (χ1) is 9.56. The van der Waals surface area contributed by atoms with Crippen LogP contribution in [-0.4, -0.2) is 18.1 Å². The molecule has 1 unspecified atom stereocenters. The molecule has 3 rings (SSSR count). The van der Waals surface area contributed by atoms with E-state index in [4.69, 9.17) is 4.42 Å². The zero-order valence-electron chi connectivity index (χ0n) is 10.8. The number of amides is 1. The van der Waals surface area contributed by atoms with Crippen LogP contribution < -0.4 is 10.2 Å². The number of rotatable bonds is 3. The molecule has 0 spiro atoms. The largest absolute Gasteiger partial charge is 0.472 e. The van der Waals surface area contributed by atoms with E-state index in [1.54, 1.807) is 30.5 Å². The fourth-order valence-corrected chi connectivity index (χ4v) is 2.29. The minimum Gasteiger partial charge on any atom is -0.472 e. The van der Waals surface area contributed by atoms with E-state index in [9.17, 15) is 14.3 Å². The minimum absolute atomic E-state index is 0.271. The minimum atomic E-state index is -1.30. The fourth-order valence-electron chi connectivity index (χ4n) is 2.29. The molecule has 0 aliphatic carbocycles. The van der Waals surface area contributed by atoms with E-state index in [1.807, 2.05) is 0 Å². The van der Waals surface area contributed by atoms with Crippen LogP contribution in [0.1, 0.15) is 17.2 Å². The molecule has 6 heteroatoms. The number of aliphatic hydroxyl groups excluding tert-OH is 1. The van der Waals surface area contributed by atoms with Gasteiger partial charge in [0.2, 0.25) is 0 Å². The van der Waals surface area contributed by atoms with E-state index in [2.05, 4.69) is 5.32 Å². The fraction of sp³-hybridized carbons (Fsp3) is 0.214. The van der Waals surface area contributed by atoms with Gasteiger partial charge in [0.05, 0.1) is 18.2 Å². The quantitative estimate of drug-likeness (QED) is 0.900. The number of hydrogen-bond donors (Lipinski definition) is 2. The summed E-state index contributed by atoms with van der Waals surface area (Å²) in [6.45, 7) is 0.475. The molecule has 0 fully saturated rings. The number of nitrogens with one attached hydrogen (secondary N) is 1. The lowest BCUT2D eigenvalue weighted by Crippen LogP contribution is -2.17. The van der Waals surface area contributed by atoms with Crippen molar-refractivity contribution in [3.63, 3.8) is 0 Å². The summed E-state index contributed by atoms with van der Waals surface area (Å²) in [4.78, 5) is 13.1. The van der Waals surface area contributed by atoms with Crippen molar-refractivity contribution in [2.45, 2.75) is 12.6 Å². The van der Waals surface area contributed by atoms with Crippen molar-refractivity contribution in [3.05, 3.63) is 47.7 Å². The Morgan fingerprint density at radius 2 is 2.30 bits per heavy atom. The molecule has 1 aromatic heterocycles. The average molecular weight is 276 g/mol. The molecule has 2 heterocycles. The normalized spacial score (nSPS) is 16.9. The van der Waals surface area contributed by atoms with Gasteiger partial charge in [0.25, 0.3) is 5.91 Å². The van der Waals surface area contributed by atoms with Crippen LogP contribution in [0.4, 0.5) is 15.8 Å². The predicted octanol–water partition coefficient (Wildman–Crippen LogP) is 2.04. The molecule has 0 bridgehead atoms. The van der Waals surface area contributed by atoms with E-state index in [0.717, 1.165) is 5.56 Å². The summed E-state index contributed by atoms with van der Waals surface area (Å²) in [7, 11) is 1.74. The van der Waals surface area contributed by atoms with E-state index in [0.29, 0.717) is 17.9 Å². The molecule has 1 aliphatic heterocycles. The Morgan fingerprint density at radius 1 is 1.50 bits per heavy atom. The zero-order valence-corrected chi connectivity index (χ0v) is 10.8. The van der Waals surface area contributed by atoms with Crippen LogP contribution in [0.3, 0.4) is 0 Å². The second-order valence-corrected chi connectivity index (χ2v) is 4.77. The summed E-state index contributed by atoms with van der Waals surface area (Å²) in [6, 6.07) is 4.52. The maximum atomic E-state index is 14.1. The molecule has 5 nitrogen and oxygen atoms in total. The van der Waals surface area contributed by atoms with Crippen molar-refractivity contribution in [2.75, 3.05) is 17.3 Å². The Labute approximate surface area is 114 Å². The Bertz CT molecular complexity index is 655. The highest BCUT2D eigenvalue weighted by Gasteiger charge is 2.30. The maximum absolute atomic E-state index is 14.1. The van der Waals surface area contributed by atoms with Gasteiger partial charge >= 0.3 is 0 Å². The number of carbonyl (C=O) groups excluding carboxylic acids is 1. The topological polar surface area (TPSA) is 65.7 Å². The monoisotopic (exact) mass is 276 g/mol. The number of hydrogen-bond acceptors (Lipinski definition) is 4. The third-order valence-electron chi connectivity index (χ3n) is 3.33. The van der Waals surface area contributed by atoms with Gasteiger partial charge in [0, 0.05) is 30.4 Å². The first-order valence-corrected chi connectivity index (χ1v) is 6.11. The number of nitrogens with zero attached hydrogens (tertiary/aromatic N) is 1. The van der Waals surface area contributed by atoms with E-state index >= 15 is 0 Å². The molecular weight excluding hydrogens is 263 g/mol. The van der Waals surface area contributed by atoms with Crippen LogP contribution in [0.5, 0.6) is 0 Å². The Hall–Kier alpha value is -2.34. The number of halogens is 1. The molecule has 2 N–H and O–H groups in total. The van der Waals surface area contributed by atoms with Gasteiger partial charge in [-0.25, -0.2) is 4.39 Å². The maximum Gasteiger partial charge on any atom is 0.257 e. The summed E-state index contributed by atoms with van der Waals surface area (Å²) < 4.78 is 19.1. The second kappa shape index (κ2) is 4.64. The van der Waals surface area contributed by atoms with Gasteiger partial charge in [0.15, 0.2) is 6.10 Å². The standard InChI is InChI=1S/C14H13FN2O3/c1-17(6-8-2-3-20-7-8)12-5-11-9(4-10(12)15)13(18)14(19)16-11/h2-5,7,13,18H,6H2,1H3,(H,16,19). The van der Waals surface area contributed by atoms with Crippen LogP contribution >= 0.6 is 0 Å². The van der Waals surface area contributed by atoms with Gasteiger partial charge in [-0.3, -0.25) is 4.79 Å². The molecule has 1 aromatic carbocycles. The second-order valence-electron chi connectivity index (χ2n) is 4.77. The van der Waals surface area contributed by atoms with Gasteiger partial charge in [-0.2, -0.15) is 0 Å². The third-order valence-corrected chi connectivity index (χ3v) is 3.33. The predicted molar refractivity (Wildman–Crippen MR) is 70.8 cm³/mol. The van der Waals surface area contributed by atoms with Gasteiger partial charge in [-0.05, 0) is 18.2 Å². The Morgan fingerprint density at radius 3 is 3.00 bits per heavy atom. The summed E-state index contributed by atoms with van der Waals surface area (Å²) >= 11 is 0. The Balaban J connectivity index is 1.91. The van der Waals surface area contributed by atoms with Crippen molar-refractivity contribution in [2.24, 2.45) is 0 Å². The lowest BCUT2D eigenvalue weighted by molar-refractivity contribution is -0.123. The molecule has 104 valence electrons. The highest BCUT2D eigenvalue weighted by molar-refractivity contribution is 6.02. The third kappa shape index (κ3) is 2.04. The molecule has 0 saturated carbocycles. The van der Waals surface area contributed by atoms with Crippen molar-refractivity contribution < 1.29 is 18.7 Å². The lowest BCUT2D eigenvalue weighted by Gasteiger charge is -2.20. The van der Waals surface area contributed by atoms with Crippen molar-refractivity contribution in [1.29, 1.82) is 0 Å². The molecular formula is C14H13FN2O3. The van der Waals surface area contributed by atoms with Crippen LogP contribution in [0.25, 0.3) is 0 Å². The number of furan rings is 1. The molecule has 1 atom stereocenters. The van der Waals surface area contributed by atoms with Gasteiger partial charge in [0.1, 0.15) is 5.82 Å². The van der Waals surface area contributed by atoms with Crippen molar-refractivity contribution in [1.82, 2.24) is 0 Å². The van der Waals surface area contributed by atoms with Crippen LogP contribution in [0, 0.1) is 5.82 Å². The van der Waals surface area contributed by atoms with Crippen LogP contribution in [0.2, 0.25) is 0 Å². The van der Waals surface area contributed by atoms with E-state index < -0.39 is 17.8 Å². The SMILES string of the molecule is CN(Cc1ccoc1)c1cc2c(cc1F)C(O)C(=O)N2. The first kappa shape index (κ1) is 12.7. The van der Waals surface area contributed by atoms with Crippen molar-refractivity contribution >= 4 is 17.3 Å².